The molecule has 0 aliphatic heterocycles. The molecule has 0 N–H and O–H groups in total. The highest BCUT2D eigenvalue weighted by Gasteiger charge is 2.58. The van der Waals surface area contributed by atoms with Crippen molar-refractivity contribution in [3.05, 3.63) is 0 Å². The van der Waals surface area contributed by atoms with Crippen LogP contribution in [0.5, 0.6) is 0 Å². The number of hydrogen-bond acceptors (Lipinski definition) is 1. The molecule has 0 bridgehead atoms. The molecule has 4 fully saturated rings. The van der Waals surface area contributed by atoms with Gasteiger partial charge in [0.1, 0.15) is 6.29 Å². The molecule has 118 valence electrons. The third-order valence-corrected chi connectivity index (χ3v) is 8.58. The maximum Gasteiger partial charge on any atom is 0.123 e. The summed E-state index contributed by atoms with van der Waals surface area (Å²) in [6.45, 7) is 5.15. The molecule has 4 rings (SSSR count). The van der Waals surface area contributed by atoms with E-state index in [2.05, 4.69) is 13.8 Å². The average molecular weight is 288 g/mol. The van der Waals surface area contributed by atoms with Crippen molar-refractivity contribution in [3.63, 3.8) is 0 Å². The lowest BCUT2D eigenvalue weighted by atomic mass is 9.45. The van der Waals surface area contributed by atoms with Crippen molar-refractivity contribution in [2.75, 3.05) is 0 Å². The summed E-state index contributed by atoms with van der Waals surface area (Å²) in [5, 5.41) is 0. The predicted molar refractivity (Wildman–Crippen MR) is 85.9 cm³/mol. The maximum absolute atomic E-state index is 11.3. The first-order valence-corrected chi connectivity index (χ1v) is 9.52. The summed E-state index contributed by atoms with van der Waals surface area (Å²) >= 11 is 0. The van der Waals surface area contributed by atoms with Crippen LogP contribution >= 0.6 is 0 Å². The van der Waals surface area contributed by atoms with Crippen molar-refractivity contribution in [1.29, 1.82) is 0 Å². The first-order valence-electron chi connectivity index (χ1n) is 9.52. The molecule has 1 heteroatoms. The van der Waals surface area contributed by atoms with E-state index in [0.717, 1.165) is 23.7 Å². The van der Waals surface area contributed by atoms with Crippen LogP contribution in [0, 0.1) is 40.4 Å². The van der Waals surface area contributed by atoms with Gasteiger partial charge in [0.15, 0.2) is 0 Å². The van der Waals surface area contributed by atoms with Gasteiger partial charge in [-0.05, 0) is 85.9 Å². The molecule has 0 aromatic heterocycles. The Balaban J connectivity index is 1.63. The van der Waals surface area contributed by atoms with Crippen LogP contribution < -0.4 is 0 Å². The minimum atomic E-state index is 0.371. The van der Waals surface area contributed by atoms with Crippen molar-refractivity contribution in [2.24, 2.45) is 40.4 Å². The van der Waals surface area contributed by atoms with Crippen LogP contribution in [0.25, 0.3) is 0 Å². The second-order valence-electron chi connectivity index (χ2n) is 9.43. The second kappa shape index (κ2) is 4.83. The summed E-state index contributed by atoms with van der Waals surface area (Å²) in [7, 11) is 0. The van der Waals surface area contributed by atoms with Crippen LogP contribution in [0.3, 0.4) is 0 Å². The van der Waals surface area contributed by atoms with Crippen molar-refractivity contribution in [1.82, 2.24) is 0 Å². The molecule has 1 nitrogen and oxygen atoms in total. The lowest BCUT2D eigenvalue weighted by Crippen LogP contribution is -2.51. The molecule has 1 unspecified atom stereocenters. The van der Waals surface area contributed by atoms with Crippen LogP contribution in [0.15, 0.2) is 0 Å². The molecule has 4 aliphatic carbocycles. The van der Waals surface area contributed by atoms with Crippen LogP contribution in [0.1, 0.15) is 78.1 Å². The minimum absolute atomic E-state index is 0.371. The van der Waals surface area contributed by atoms with E-state index in [1.807, 2.05) is 0 Å². The van der Waals surface area contributed by atoms with Gasteiger partial charge in [-0.3, -0.25) is 0 Å². The Bertz CT molecular complexity index is 430. The van der Waals surface area contributed by atoms with Gasteiger partial charge in [-0.1, -0.05) is 26.7 Å². The Kier molecular flexibility index (Phi) is 3.28. The third-order valence-electron chi connectivity index (χ3n) is 8.58. The van der Waals surface area contributed by atoms with E-state index in [9.17, 15) is 4.79 Å². The standard InChI is InChI=1S/C20H32O/c1-19-10-8-17-16(18(19)11-14(12-19)13-21)7-6-15-5-3-4-9-20(15,17)2/h13-18H,3-12H2,1-2H3/t14?,15-,16-,17+,18+,19-,20+/m1/s1. The molecule has 0 radical (unpaired) electrons. The lowest BCUT2D eigenvalue weighted by molar-refractivity contribution is -0.111. The Labute approximate surface area is 130 Å². The molecular formula is C20H32O. The highest BCUT2D eigenvalue weighted by Crippen LogP contribution is 2.66. The molecule has 21 heavy (non-hydrogen) atoms. The minimum Gasteiger partial charge on any atom is -0.303 e. The van der Waals surface area contributed by atoms with Gasteiger partial charge in [-0.15, -0.1) is 0 Å². The van der Waals surface area contributed by atoms with Crippen molar-refractivity contribution in [3.8, 4) is 0 Å². The first kappa shape index (κ1) is 14.3. The van der Waals surface area contributed by atoms with E-state index in [1.54, 1.807) is 0 Å². The van der Waals surface area contributed by atoms with Crippen LogP contribution in [0.2, 0.25) is 0 Å². The molecule has 7 atom stereocenters. The monoisotopic (exact) mass is 288 g/mol. The van der Waals surface area contributed by atoms with E-state index in [-0.39, 0.29) is 0 Å². The van der Waals surface area contributed by atoms with E-state index >= 15 is 0 Å². The Morgan fingerprint density at radius 3 is 2.62 bits per heavy atom. The van der Waals surface area contributed by atoms with Gasteiger partial charge in [0.05, 0.1) is 0 Å². The summed E-state index contributed by atoms with van der Waals surface area (Å²) < 4.78 is 0. The number of carbonyl (C=O) groups excluding carboxylic acids is 1. The zero-order valence-electron chi connectivity index (χ0n) is 13.9. The van der Waals surface area contributed by atoms with E-state index in [0.29, 0.717) is 16.7 Å². The van der Waals surface area contributed by atoms with Crippen LogP contribution in [-0.4, -0.2) is 6.29 Å². The fourth-order valence-corrected chi connectivity index (χ4v) is 7.51. The second-order valence-corrected chi connectivity index (χ2v) is 9.43. The number of aldehydes is 1. The first-order chi connectivity index (χ1) is 10.1. The Morgan fingerprint density at radius 2 is 1.81 bits per heavy atom. The zero-order valence-corrected chi connectivity index (χ0v) is 13.9. The third kappa shape index (κ3) is 1.98. The fraction of sp³-hybridized carbons (Fsp3) is 0.950. The quantitative estimate of drug-likeness (QED) is 0.603. The molecule has 0 aromatic carbocycles. The summed E-state index contributed by atoms with van der Waals surface area (Å²) in [4.78, 5) is 11.3. The van der Waals surface area contributed by atoms with E-state index < -0.39 is 0 Å². The maximum atomic E-state index is 11.3. The SMILES string of the molecule is C[C@]12CC[C@H]3[C@@H](CC[C@H]4CCCC[C@@]43C)[C@@H]1CC(C=O)C2. The summed E-state index contributed by atoms with van der Waals surface area (Å²) in [5.74, 6) is 4.15. The van der Waals surface area contributed by atoms with Gasteiger partial charge in [0, 0.05) is 5.92 Å². The highest BCUT2D eigenvalue weighted by molar-refractivity contribution is 5.54. The molecular weight excluding hydrogens is 256 g/mol. The molecule has 0 aromatic rings. The van der Waals surface area contributed by atoms with Gasteiger partial charge < -0.3 is 4.79 Å². The Morgan fingerprint density at radius 1 is 0.952 bits per heavy atom. The number of fused-ring (bicyclic) bond motifs is 5. The van der Waals surface area contributed by atoms with Crippen LogP contribution in [0.4, 0.5) is 0 Å². The smallest absolute Gasteiger partial charge is 0.123 e. The largest absolute Gasteiger partial charge is 0.303 e. The van der Waals surface area contributed by atoms with Gasteiger partial charge in [-0.2, -0.15) is 0 Å². The number of carbonyl (C=O) groups is 1. The molecule has 0 spiro atoms. The fourth-order valence-electron chi connectivity index (χ4n) is 7.51. The highest BCUT2D eigenvalue weighted by atomic mass is 16.1. The summed E-state index contributed by atoms with van der Waals surface area (Å²) in [5.41, 5.74) is 1.13. The summed E-state index contributed by atoms with van der Waals surface area (Å²) in [6, 6.07) is 0. The van der Waals surface area contributed by atoms with E-state index in [4.69, 9.17) is 0 Å². The van der Waals surface area contributed by atoms with Crippen molar-refractivity contribution >= 4 is 6.29 Å². The molecule has 4 saturated carbocycles. The normalized spacial score (nSPS) is 56.2. The van der Waals surface area contributed by atoms with Gasteiger partial charge in [0.2, 0.25) is 0 Å². The van der Waals surface area contributed by atoms with E-state index in [1.165, 1.54) is 70.5 Å². The van der Waals surface area contributed by atoms with Crippen LogP contribution in [-0.2, 0) is 4.79 Å². The predicted octanol–water partition coefficient (Wildman–Crippen LogP) is 5.23. The molecule has 0 amide bonds. The van der Waals surface area contributed by atoms with Crippen molar-refractivity contribution < 1.29 is 4.79 Å². The topological polar surface area (TPSA) is 17.1 Å². The zero-order chi connectivity index (χ0) is 14.7. The molecule has 4 aliphatic rings. The average Bonchev–Trinajstić information content (AvgIpc) is 2.83. The molecule has 0 saturated heterocycles. The number of hydrogen-bond donors (Lipinski definition) is 0. The molecule has 0 heterocycles. The Hall–Kier alpha value is -0.330. The summed E-state index contributed by atoms with van der Waals surface area (Å²) in [6.07, 6.45) is 15.4. The van der Waals surface area contributed by atoms with Crippen molar-refractivity contribution in [2.45, 2.75) is 78.1 Å². The van der Waals surface area contributed by atoms with Gasteiger partial charge in [-0.25, -0.2) is 0 Å². The number of rotatable bonds is 1. The van der Waals surface area contributed by atoms with Gasteiger partial charge >= 0.3 is 0 Å². The van der Waals surface area contributed by atoms with Gasteiger partial charge in [0.25, 0.3) is 0 Å². The lowest BCUT2D eigenvalue weighted by Gasteiger charge is -2.60.